The van der Waals surface area contributed by atoms with Crippen molar-refractivity contribution in [1.29, 1.82) is 0 Å². The second-order valence-corrected chi connectivity index (χ2v) is 3.58. The highest BCUT2D eigenvalue weighted by Crippen LogP contribution is 2.28. The number of nitrogen functional groups attached to an aromatic ring is 1. The van der Waals surface area contributed by atoms with E-state index in [-0.39, 0.29) is 0 Å². The maximum absolute atomic E-state index is 5.87. The van der Waals surface area contributed by atoms with E-state index in [1.165, 1.54) is 10.1 Å². The minimum absolute atomic E-state index is 0.920. The minimum atomic E-state index is 0.920. The average Bonchev–Trinajstić information content (AvgIpc) is 2.45. The van der Waals surface area contributed by atoms with Crippen LogP contribution in [0.4, 0.5) is 5.69 Å². The Morgan fingerprint density at radius 3 is 2.91 bits per heavy atom. The zero-order chi connectivity index (χ0) is 7.84. The molecule has 0 aliphatic carbocycles. The van der Waals surface area contributed by atoms with E-state index in [2.05, 4.69) is 23.6 Å². The second kappa shape index (κ2) is 2.24. The van der Waals surface area contributed by atoms with Crippen LogP contribution in [0.15, 0.2) is 23.6 Å². The SMILES string of the molecule is Cc1ccc2sccc2c1N. The van der Waals surface area contributed by atoms with Gasteiger partial charge in [0.1, 0.15) is 0 Å². The third kappa shape index (κ3) is 0.906. The minimum Gasteiger partial charge on any atom is -0.398 e. The molecule has 0 fully saturated rings. The number of rotatable bonds is 0. The summed E-state index contributed by atoms with van der Waals surface area (Å²) in [4.78, 5) is 0. The third-order valence-electron chi connectivity index (χ3n) is 1.89. The van der Waals surface area contributed by atoms with Crippen molar-refractivity contribution in [3.8, 4) is 0 Å². The Kier molecular flexibility index (Phi) is 1.36. The first-order valence-electron chi connectivity index (χ1n) is 3.51. The van der Waals surface area contributed by atoms with Crippen molar-refractivity contribution in [3.63, 3.8) is 0 Å². The van der Waals surface area contributed by atoms with E-state index in [0.29, 0.717) is 0 Å². The first-order valence-corrected chi connectivity index (χ1v) is 4.39. The van der Waals surface area contributed by atoms with Gasteiger partial charge in [0.05, 0.1) is 0 Å². The summed E-state index contributed by atoms with van der Waals surface area (Å²) in [6, 6.07) is 6.25. The van der Waals surface area contributed by atoms with Gasteiger partial charge in [-0.2, -0.15) is 0 Å². The molecule has 0 aliphatic rings. The van der Waals surface area contributed by atoms with Crippen LogP contribution in [0.5, 0.6) is 0 Å². The highest BCUT2D eigenvalue weighted by Gasteiger charge is 2.00. The van der Waals surface area contributed by atoms with E-state index in [1.54, 1.807) is 11.3 Å². The van der Waals surface area contributed by atoms with E-state index in [9.17, 15) is 0 Å². The van der Waals surface area contributed by atoms with E-state index in [0.717, 1.165) is 11.3 Å². The highest BCUT2D eigenvalue weighted by atomic mass is 32.1. The lowest BCUT2D eigenvalue weighted by molar-refractivity contribution is 1.51. The summed E-state index contributed by atoms with van der Waals surface area (Å²) >= 11 is 1.73. The largest absolute Gasteiger partial charge is 0.398 e. The van der Waals surface area contributed by atoms with Crippen LogP contribution in [0, 0.1) is 6.92 Å². The lowest BCUT2D eigenvalue weighted by Gasteiger charge is -1.99. The van der Waals surface area contributed by atoms with Crippen LogP contribution < -0.4 is 5.73 Å². The molecule has 0 amide bonds. The fourth-order valence-corrected chi connectivity index (χ4v) is 1.98. The fourth-order valence-electron chi connectivity index (χ4n) is 1.18. The van der Waals surface area contributed by atoms with Crippen molar-refractivity contribution in [1.82, 2.24) is 0 Å². The van der Waals surface area contributed by atoms with E-state index in [1.807, 2.05) is 6.92 Å². The highest BCUT2D eigenvalue weighted by molar-refractivity contribution is 7.17. The molecular formula is C9H9NS. The maximum Gasteiger partial charge on any atom is 0.0431 e. The van der Waals surface area contributed by atoms with E-state index >= 15 is 0 Å². The van der Waals surface area contributed by atoms with Crippen molar-refractivity contribution in [2.24, 2.45) is 0 Å². The predicted octanol–water partition coefficient (Wildman–Crippen LogP) is 2.79. The Morgan fingerprint density at radius 2 is 2.09 bits per heavy atom. The smallest absolute Gasteiger partial charge is 0.0431 e. The topological polar surface area (TPSA) is 26.0 Å². The Hall–Kier alpha value is -1.02. The van der Waals surface area contributed by atoms with Gasteiger partial charge in [-0.15, -0.1) is 11.3 Å². The molecule has 1 nitrogen and oxygen atoms in total. The number of thiophene rings is 1. The average molecular weight is 163 g/mol. The summed E-state index contributed by atoms with van der Waals surface area (Å²) in [6.45, 7) is 2.03. The molecule has 0 unspecified atom stereocenters. The number of nitrogens with two attached hydrogens (primary N) is 1. The number of aryl methyl sites for hydroxylation is 1. The molecule has 0 atom stereocenters. The molecule has 1 heterocycles. The summed E-state index contributed by atoms with van der Waals surface area (Å²) < 4.78 is 1.27. The molecule has 0 bridgehead atoms. The molecule has 2 rings (SSSR count). The molecule has 1 aromatic heterocycles. The van der Waals surface area contributed by atoms with Crippen molar-refractivity contribution in [3.05, 3.63) is 29.1 Å². The van der Waals surface area contributed by atoms with Crippen molar-refractivity contribution in [2.75, 3.05) is 5.73 Å². The first kappa shape index (κ1) is 6.68. The lowest BCUT2D eigenvalue weighted by atomic mass is 10.1. The number of fused-ring (bicyclic) bond motifs is 1. The molecule has 2 heteroatoms. The zero-order valence-electron chi connectivity index (χ0n) is 6.29. The van der Waals surface area contributed by atoms with Crippen molar-refractivity contribution < 1.29 is 0 Å². The zero-order valence-corrected chi connectivity index (χ0v) is 7.11. The van der Waals surface area contributed by atoms with Crippen LogP contribution in [0.1, 0.15) is 5.56 Å². The van der Waals surface area contributed by atoms with Crippen molar-refractivity contribution in [2.45, 2.75) is 6.92 Å². The number of hydrogen-bond donors (Lipinski definition) is 1. The molecule has 0 radical (unpaired) electrons. The first-order chi connectivity index (χ1) is 5.29. The number of benzene rings is 1. The van der Waals surface area contributed by atoms with Gasteiger partial charge >= 0.3 is 0 Å². The van der Waals surface area contributed by atoms with Gasteiger partial charge < -0.3 is 5.73 Å². The second-order valence-electron chi connectivity index (χ2n) is 2.63. The predicted molar refractivity (Wildman–Crippen MR) is 51.0 cm³/mol. The van der Waals surface area contributed by atoms with Gasteiger partial charge in [0, 0.05) is 15.8 Å². The monoisotopic (exact) mass is 163 g/mol. The number of anilines is 1. The number of hydrogen-bond acceptors (Lipinski definition) is 2. The molecule has 0 spiro atoms. The summed E-state index contributed by atoms with van der Waals surface area (Å²) in [6.07, 6.45) is 0. The van der Waals surface area contributed by atoms with Crippen molar-refractivity contribution >= 4 is 27.1 Å². The summed E-state index contributed by atoms with van der Waals surface area (Å²) in [5.74, 6) is 0. The normalized spacial score (nSPS) is 10.6. The lowest BCUT2D eigenvalue weighted by Crippen LogP contribution is -1.88. The van der Waals surface area contributed by atoms with Gasteiger partial charge in [-0.3, -0.25) is 0 Å². The third-order valence-corrected chi connectivity index (χ3v) is 2.78. The van der Waals surface area contributed by atoms with Crippen LogP contribution in [-0.2, 0) is 0 Å². The standard InChI is InChI=1S/C9H9NS/c1-6-2-3-8-7(9(6)10)4-5-11-8/h2-5H,10H2,1H3. The molecule has 56 valence electrons. The molecule has 0 aliphatic heterocycles. The van der Waals surface area contributed by atoms with Crippen LogP contribution in [0.25, 0.3) is 10.1 Å². The molecule has 1 aromatic carbocycles. The Bertz CT molecular complexity index is 389. The van der Waals surface area contributed by atoms with Gasteiger partial charge in [0.15, 0.2) is 0 Å². The van der Waals surface area contributed by atoms with Gasteiger partial charge in [-0.25, -0.2) is 0 Å². The molecular weight excluding hydrogens is 154 g/mol. The molecule has 2 aromatic rings. The molecule has 2 N–H and O–H groups in total. The van der Waals surface area contributed by atoms with Crippen LogP contribution in [0.2, 0.25) is 0 Å². The van der Waals surface area contributed by atoms with Crippen LogP contribution in [0.3, 0.4) is 0 Å². The molecule has 0 saturated carbocycles. The van der Waals surface area contributed by atoms with E-state index < -0.39 is 0 Å². The molecule has 11 heavy (non-hydrogen) atoms. The summed E-state index contributed by atoms with van der Waals surface area (Å²) in [7, 11) is 0. The fraction of sp³-hybridized carbons (Fsp3) is 0.111. The Morgan fingerprint density at radius 1 is 1.27 bits per heavy atom. The van der Waals surface area contributed by atoms with Gasteiger partial charge in [0.25, 0.3) is 0 Å². The summed E-state index contributed by atoms with van der Waals surface area (Å²) in [5.41, 5.74) is 7.95. The van der Waals surface area contributed by atoms with Crippen LogP contribution >= 0.6 is 11.3 Å². The maximum atomic E-state index is 5.87. The van der Waals surface area contributed by atoms with Gasteiger partial charge in [-0.1, -0.05) is 6.07 Å². The van der Waals surface area contributed by atoms with E-state index in [4.69, 9.17) is 5.73 Å². The van der Waals surface area contributed by atoms with Crippen LogP contribution in [-0.4, -0.2) is 0 Å². The Balaban J connectivity index is 2.93. The van der Waals surface area contributed by atoms with Gasteiger partial charge in [0.2, 0.25) is 0 Å². The van der Waals surface area contributed by atoms with Gasteiger partial charge in [-0.05, 0) is 30.0 Å². The quantitative estimate of drug-likeness (QED) is 0.594. The Labute approximate surface area is 69.5 Å². The summed E-state index contributed by atoms with van der Waals surface area (Å²) in [5, 5.41) is 3.26. The molecule has 0 saturated heterocycles.